The fourth-order valence-corrected chi connectivity index (χ4v) is 3.98. The van der Waals surface area contributed by atoms with Gasteiger partial charge in [0.05, 0.1) is 5.75 Å². The number of hydrogen-bond acceptors (Lipinski definition) is 3. The zero-order valence-corrected chi connectivity index (χ0v) is 15.2. The van der Waals surface area contributed by atoms with Crippen molar-refractivity contribution >= 4 is 27.3 Å². The van der Waals surface area contributed by atoms with Crippen molar-refractivity contribution in [2.75, 3.05) is 7.05 Å². The number of sulfone groups is 1. The highest BCUT2D eigenvalue weighted by molar-refractivity contribution is 7.92. The molecule has 1 unspecified atom stereocenters. The first kappa shape index (κ1) is 18.5. The van der Waals surface area contributed by atoms with Crippen molar-refractivity contribution in [3.63, 3.8) is 0 Å². The molecule has 2 aromatic carbocycles. The first-order valence-electron chi connectivity index (χ1n) is 7.54. The van der Waals surface area contributed by atoms with E-state index in [9.17, 15) is 13.2 Å². The van der Waals surface area contributed by atoms with E-state index >= 15 is 0 Å². The van der Waals surface area contributed by atoms with Crippen LogP contribution in [0.3, 0.4) is 0 Å². The molecule has 0 aliphatic heterocycles. The lowest BCUT2D eigenvalue weighted by Gasteiger charge is -2.21. The maximum absolute atomic E-state index is 12.5. The molecule has 0 aromatic heterocycles. The van der Waals surface area contributed by atoms with Crippen molar-refractivity contribution in [3.05, 3.63) is 70.7 Å². The Bertz CT molecular complexity index is 806. The molecule has 0 aliphatic carbocycles. The van der Waals surface area contributed by atoms with Crippen molar-refractivity contribution < 1.29 is 13.2 Å². The van der Waals surface area contributed by atoms with E-state index in [1.807, 2.05) is 30.3 Å². The van der Waals surface area contributed by atoms with Gasteiger partial charge in [0.2, 0.25) is 5.91 Å². The van der Waals surface area contributed by atoms with Crippen molar-refractivity contribution in [1.82, 2.24) is 4.90 Å². The molecule has 0 spiro atoms. The molecule has 1 amide bonds. The van der Waals surface area contributed by atoms with Gasteiger partial charge in [-0.15, -0.1) is 0 Å². The zero-order chi connectivity index (χ0) is 17.7. The molecule has 0 N–H and O–H groups in total. The maximum Gasteiger partial charge on any atom is 0.240 e. The molecule has 0 fully saturated rings. The van der Waals surface area contributed by atoms with E-state index in [1.165, 1.54) is 11.8 Å². The molecule has 4 nitrogen and oxygen atoms in total. The minimum atomic E-state index is -3.62. The summed E-state index contributed by atoms with van der Waals surface area (Å²) in [7, 11) is -2.00. The normalized spacial score (nSPS) is 12.6. The highest BCUT2D eigenvalue weighted by Gasteiger charge is 2.30. The van der Waals surface area contributed by atoms with E-state index in [4.69, 9.17) is 11.6 Å². The molecular weight excluding hydrogens is 346 g/mol. The van der Waals surface area contributed by atoms with Crippen molar-refractivity contribution in [2.45, 2.75) is 24.5 Å². The van der Waals surface area contributed by atoms with E-state index in [0.29, 0.717) is 17.1 Å². The molecule has 0 aliphatic rings. The summed E-state index contributed by atoms with van der Waals surface area (Å²) in [5.74, 6) is -0.625. The largest absolute Gasteiger partial charge is 0.340 e. The Kier molecular flexibility index (Phi) is 6.02. The van der Waals surface area contributed by atoms with E-state index in [2.05, 4.69) is 0 Å². The third-order valence-electron chi connectivity index (χ3n) is 3.78. The summed E-state index contributed by atoms with van der Waals surface area (Å²) in [5.41, 5.74) is 1.53. The van der Waals surface area contributed by atoms with Crippen LogP contribution in [0.5, 0.6) is 0 Å². The number of halogens is 1. The molecule has 0 heterocycles. The van der Waals surface area contributed by atoms with Crippen LogP contribution in [0.1, 0.15) is 18.1 Å². The lowest BCUT2D eigenvalue weighted by Crippen LogP contribution is -2.39. The average molecular weight is 366 g/mol. The maximum atomic E-state index is 12.5. The molecule has 2 rings (SSSR count). The van der Waals surface area contributed by atoms with Crippen LogP contribution >= 0.6 is 11.6 Å². The first-order valence-corrected chi connectivity index (χ1v) is 9.64. The van der Waals surface area contributed by atoms with Crippen LogP contribution in [0.15, 0.2) is 54.6 Å². The quantitative estimate of drug-likeness (QED) is 0.789. The summed E-state index contributed by atoms with van der Waals surface area (Å²) < 4.78 is 25.0. The standard InChI is InChI=1S/C18H20ClNO3S/c1-14(18(21)20(2)12-15-7-4-3-5-8-15)24(22,23)13-16-9-6-10-17(19)11-16/h3-11,14H,12-13H2,1-2H3. The van der Waals surface area contributed by atoms with Gasteiger partial charge in [0, 0.05) is 18.6 Å². The molecule has 1 atom stereocenters. The predicted molar refractivity (Wildman–Crippen MR) is 96.5 cm³/mol. The Morgan fingerprint density at radius 2 is 1.71 bits per heavy atom. The fraction of sp³-hybridized carbons (Fsp3) is 0.278. The summed E-state index contributed by atoms with van der Waals surface area (Å²) in [4.78, 5) is 13.9. The summed E-state index contributed by atoms with van der Waals surface area (Å²) in [6, 6.07) is 16.1. The number of carbonyl (C=O) groups excluding carboxylic acids is 1. The second kappa shape index (κ2) is 7.81. The summed E-state index contributed by atoms with van der Waals surface area (Å²) in [6.07, 6.45) is 0. The van der Waals surface area contributed by atoms with Crippen LogP contribution < -0.4 is 0 Å². The lowest BCUT2D eigenvalue weighted by molar-refractivity contribution is -0.129. The van der Waals surface area contributed by atoms with Crippen molar-refractivity contribution in [1.29, 1.82) is 0 Å². The zero-order valence-electron chi connectivity index (χ0n) is 13.6. The minimum absolute atomic E-state index is 0.209. The molecule has 0 saturated heterocycles. The lowest BCUT2D eigenvalue weighted by atomic mass is 10.2. The molecule has 128 valence electrons. The molecular formula is C18H20ClNO3S. The molecule has 0 radical (unpaired) electrons. The van der Waals surface area contributed by atoms with Crippen LogP contribution in [0, 0.1) is 0 Å². The molecule has 24 heavy (non-hydrogen) atoms. The Hall–Kier alpha value is -1.85. The topological polar surface area (TPSA) is 54.5 Å². The summed E-state index contributed by atoms with van der Waals surface area (Å²) >= 11 is 5.89. The van der Waals surface area contributed by atoms with Gasteiger partial charge in [-0.1, -0.05) is 54.1 Å². The summed E-state index contributed by atoms with van der Waals surface area (Å²) in [5, 5.41) is -0.631. The number of nitrogens with zero attached hydrogens (tertiary/aromatic N) is 1. The summed E-state index contributed by atoms with van der Waals surface area (Å²) in [6.45, 7) is 1.81. The van der Waals surface area contributed by atoms with E-state index < -0.39 is 21.0 Å². The van der Waals surface area contributed by atoms with Crippen LogP contribution in [-0.4, -0.2) is 31.5 Å². The van der Waals surface area contributed by atoms with Gasteiger partial charge in [-0.25, -0.2) is 8.42 Å². The van der Waals surface area contributed by atoms with Crippen molar-refractivity contribution in [2.24, 2.45) is 0 Å². The van der Waals surface area contributed by atoms with Crippen LogP contribution in [0.2, 0.25) is 5.02 Å². The van der Waals surface area contributed by atoms with Gasteiger partial charge in [0.25, 0.3) is 0 Å². The minimum Gasteiger partial charge on any atom is -0.340 e. The monoisotopic (exact) mass is 365 g/mol. The molecule has 6 heteroatoms. The first-order chi connectivity index (χ1) is 11.3. The predicted octanol–water partition coefficient (Wildman–Crippen LogP) is 3.30. The second-order valence-electron chi connectivity index (χ2n) is 5.76. The second-order valence-corrected chi connectivity index (χ2v) is 8.52. The highest BCUT2D eigenvalue weighted by Crippen LogP contribution is 2.17. The fourth-order valence-electron chi connectivity index (χ4n) is 2.38. The van der Waals surface area contributed by atoms with Gasteiger partial charge < -0.3 is 4.90 Å². The van der Waals surface area contributed by atoms with Gasteiger partial charge in [-0.2, -0.15) is 0 Å². The van der Waals surface area contributed by atoms with Gasteiger partial charge >= 0.3 is 0 Å². The number of carbonyl (C=O) groups is 1. The van der Waals surface area contributed by atoms with E-state index in [-0.39, 0.29) is 5.75 Å². The van der Waals surface area contributed by atoms with Gasteiger partial charge in [0.15, 0.2) is 9.84 Å². The van der Waals surface area contributed by atoms with Gasteiger partial charge in [-0.3, -0.25) is 4.79 Å². The Balaban J connectivity index is 2.08. The van der Waals surface area contributed by atoms with E-state index in [0.717, 1.165) is 5.56 Å². The number of benzene rings is 2. The van der Waals surface area contributed by atoms with E-state index in [1.54, 1.807) is 31.3 Å². The Labute approximate surface area is 148 Å². The Morgan fingerprint density at radius 3 is 2.33 bits per heavy atom. The smallest absolute Gasteiger partial charge is 0.240 e. The van der Waals surface area contributed by atoms with Crippen LogP contribution in [0.4, 0.5) is 0 Å². The number of hydrogen-bond donors (Lipinski definition) is 0. The average Bonchev–Trinajstić information content (AvgIpc) is 2.54. The molecule has 0 saturated carbocycles. The third-order valence-corrected chi connectivity index (χ3v) is 6.03. The number of rotatable bonds is 6. The van der Waals surface area contributed by atoms with Crippen LogP contribution in [0.25, 0.3) is 0 Å². The number of amides is 1. The molecule has 0 bridgehead atoms. The van der Waals surface area contributed by atoms with Crippen molar-refractivity contribution in [3.8, 4) is 0 Å². The molecule has 2 aromatic rings. The third kappa shape index (κ3) is 4.82. The SMILES string of the molecule is CC(C(=O)N(C)Cc1ccccc1)S(=O)(=O)Cc1cccc(Cl)c1. The van der Waals surface area contributed by atoms with Gasteiger partial charge in [-0.05, 0) is 30.2 Å². The van der Waals surface area contributed by atoms with Gasteiger partial charge in [0.1, 0.15) is 5.25 Å². The Morgan fingerprint density at radius 1 is 1.08 bits per heavy atom. The highest BCUT2D eigenvalue weighted by atomic mass is 35.5. The van der Waals surface area contributed by atoms with Crippen LogP contribution in [-0.2, 0) is 26.9 Å².